The molecule has 2 heterocycles. The van der Waals surface area contributed by atoms with Crippen molar-refractivity contribution in [1.82, 2.24) is 15.2 Å². The molecule has 0 saturated carbocycles. The molecule has 0 bridgehead atoms. The Balaban J connectivity index is 2.19. The molecule has 0 radical (unpaired) electrons. The number of hydrogen-bond donors (Lipinski definition) is 1. The van der Waals surface area contributed by atoms with E-state index in [2.05, 4.69) is 15.2 Å². The van der Waals surface area contributed by atoms with Crippen molar-refractivity contribution >= 4 is 11.0 Å². The number of pyridine rings is 1. The predicted octanol–water partition coefficient (Wildman–Crippen LogP) is 2.62. The molecule has 1 aromatic carbocycles. The third-order valence-electron chi connectivity index (χ3n) is 2.37. The second kappa shape index (κ2) is 3.20. The molecule has 0 aliphatic heterocycles. The Morgan fingerprint density at radius 3 is 2.67 bits per heavy atom. The number of aromatic nitrogens is 3. The molecular weight excluding hydrogens is 186 g/mol. The first-order valence-electron chi connectivity index (χ1n) is 4.79. The minimum Gasteiger partial charge on any atom is -0.283 e. The molecule has 3 nitrogen and oxygen atoms in total. The second-order valence-electron chi connectivity index (χ2n) is 3.36. The molecule has 3 aromatic rings. The summed E-state index contributed by atoms with van der Waals surface area (Å²) >= 11 is 0. The molecule has 2 aromatic heterocycles. The van der Waals surface area contributed by atoms with Crippen molar-refractivity contribution in [1.29, 1.82) is 0 Å². The summed E-state index contributed by atoms with van der Waals surface area (Å²) in [5.74, 6) is 0. The Morgan fingerprint density at radius 1 is 0.933 bits per heavy atom. The molecule has 0 atom stereocenters. The third kappa shape index (κ3) is 1.38. The van der Waals surface area contributed by atoms with E-state index in [9.17, 15) is 0 Å². The van der Waals surface area contributed by atoms with E-state index >= 15 is 0 Å². The maximum absolute atomic E-state index is 4.46. The number of nitrogens with one attached hydrogen (secondary N) is 1. The predicted molar refractivity (Wildman–Crippen MR) is 59.3 cm³/mol. The van der Waals surface area contributed by atoms with Gasteiger partial charge in [-0.05, 0) is 12.1 Å². The van der Waals surface area contributed by atoms with E-state index < -0.39 is 0 Å². The third-order valence-corrected chi connectivity index (χ3v) is 2.37. The Bertz CT molecular complexity index is 584. The van der Waals surface area contributed by atoms with Crippen molar-refractivity contribution < 1.29 is 0 Å². The monoisotopic (exact) mass is 195 g/mol. The number of H-pyrrole nitrogens is 1. The van der Waals surface area contributed by atoms with E-state index in [4.69, 9.17) is 0 Å². The van der Waals surface area contributed by atoms with Crippen LogP contribution < -0.4 is 0 Å². The Morgan fingerprint density at radius 2 is 1.80 bits per heavy atom. The topological polar surface area (TPSA) is 41.6 Å². The van der Waals surface area contributed by atoms with E-state index in [0.29, 0.717) is 0 Å². The highest BCUT2D eigenvalue weighted by atomic mass is 15.1. The molecule has 0 amide bonds. The highest BCUT2D eigenvalue weighted by Crippen LogP contribution is 2.18. The summed E-state index contributed by atoms with van der Waals surface area (Å²) in [6.07, 6.45) is 1.84. The molecule has 1 N–H and O–H groups in total. The highest BCUT2D eigenvalue weighted by molar-refractivity contribution is 5.77. The van der Waals surface area contributed by atoms with Crippen molar-refractivity contribution in [3.8, 4) is 11.3 Å². The van der Waals surface area contributed by atoms with Gasteiger partial charge in [0.15, 0.2) is 5.65 Å². The molecule has 3 heteroatoms. The molecule has 3 rings (SSSR count). The molecular formula is C12H9N3. The average molecular weight is 195 g/mol. The summed E-state index contributed by atoms with van der Waals surface area (Å²) in [7, 11) is 0. The molecule has 72 valence electrons. The summed E-state index contributed by atoms with van der Waals surface area (Å²) in [6, 6.07) is 14.1. The van der Waals surface area contributed by atoms with Crippen LogP contribution in [0.3, 0.4) is 0 Å². The average Bonchev–Trinajstić information content (AvgIpc) is 2.77. The molecule has 0 spiro atoms. The lowest BCUT2D eigenvalue weighted by atomic mass is 10.1. The quantitative estimate of drug-likeness (QED) is 0.648. The van der Waals surface area contributed by atoms with Crippen LogP contribution in [0.1, 0.15) is 0 Å². The summed E-state index contributed by atoms with van der Waals surface area (Å²) in [5, 5.41) is 7.91. The standard InChI is InChI=1S/C12H9N3/c1-2-4-9(5-3-1)11-7-6-10-8-13-15-12(10)14-11/h1-8H,(H,13,14,15). The van der Waals surface area contributed by atoms with Gasteiger partial charge >= 0.3 is 0 Å². The number of rotatable bonds is 1. The van der Waals surface area contributed by atoms with E-state index in [0.717, 1.165) is 22.3 Å². The Labute approximate surface area is 86.8 Å². The van der Waals surface area contributed by atoms with E-state index in [-0.39, 0.29) is 0 Å². The van der Waals surface area contributed by atoms with Gasteiger partial charge in [-0.15, -0.1) is 0 Å². The first-order chi connectivity index (χ1) is 7.43. The summed E-state index contributed by atoms with van der Waals surface area (Å²) in [6.45, 7) is 0. The van der Waals surface area contributed by atoms with Crippen molar-refractivity contribution in [3.63, 3.8) is 0 Å². The van der Waals surface area contributed by atoms with E-state index in [1.807, 2.05) is 48.7 Å². The maximum Gasteiger partial charge on any atom is 0.181 e. The number of hydrogen-bond acceptors (Lipinski definition) is 2. The second-order valence-corrected chi connectivity index (χ2v) is 3.36. The van der Waals surface area contributed by atoms with Gasteiger partial charge in [0.1, 0.15) is 0 Å². The lowest BCUT2D eigenvalue weighted by Gasteiger charge is -1.98. The van der Waals surface area contributed by atoms with Crippen LogP contribution in [0.25, 0.3) is 22.3 Å². The van der Waals surface area contributed by atoms with Crippen LogP contribution >= 0.6 is 0 Å². The van der Waals surface area contributed by atoms with E-state index in [1.54, 1.807) is 0 Å². The van der Waals surface area contributed by atoms with Gasteiger partial charge in [0, 0.05) is 17.1 Å². The number of benzene rings is 1. The summed E-state index contributed by atoms with van der Waals surface area (Å²) < 4.78 is 0. The summed E-state index contributed by atoms with van der Waals surface area (Å²) in [5.41, 5.74) is 2.83. The van der Waals surface area contributed by atoms with E-state index in [1.165, 1.54) is 0 Å². The van der Waals surface area contributed by atoms with Gasteiger partial charge in [0.25, 0.3) is 0 Å². The number of fused-ring (bicyclic) bond motifs is 1. The highest BCUT2D eigenvalue weighted by Gasteiger charge is 2.01. The van der Waals surface area contributed by atoms with Crippen molar-refractivity contribution in [2.75, 3.05) is 0 Å². The molecule has 0 fully saturated rings. The fraction of sp³-hybridized carbons (Fsp3) is 0. The minimum absolute atomic E-state index is 0.761. The smallest absolute Gasteiger partial charge is 0.181 e. The van der Waals surface area contributed by atoms with Gasteiger partial charge in [-0.25, -0.2) is 4.98 Å². The van der Waals surface area contributed by atoms with Crippen LogP contribution in [-0.2, 0) is 0 Å². The molecule has 0 aliphatic rings. The maximum atomic E-state index is 4.46. The largest absolute Gasteiger partial charge is 0.283 e. The van der Waals surface area contributed by atoms with Gasteiger partial charge in [-0.3, -0.25) is 5.10 Å². The van der Waals surface area contributed by atoms with Crippen LogP contribution in [0.5, 0.6) is 0 Å². The minimum atomic E-state index is 0.761. The number of aromatic amines is 1. The first kappa shape index (κ1) is 8.17. The number of nitrogens with zero attached hydrogens (tertiary/aromatic N) is 2. The lowest BCUT2D eigenvalue weighted by molar-refractivity contribution is 1.10. The van der Waals surface area contributed by atoms with Crippen LogP contribution in [0.2, 0.25) is 0 Å². The van der Waals surface area contributed by atoms with Gasteiger partial charge < -0.3 is 0 Å². The fourth-order valence-corrected chi connectivity index (χ4v) is 1.59. The van der Waals surface area contributed by atoms with Crippen LogP contribution in [-0.4, -0.2) is 15.2 Å². The van der Waals surface area contributed by atoms with Crippen molar-refractivity contribution in [3.05, 3.63) is 48.7 Å². The zero-order chi connectivity index (χ0) is 10.1. The first-order valence-corrected chi connectivity index (χ1v) is 4.79. The van der Waals surface area contributed by atoms with Crippen molar-refractivity contribution in [2.45, 2.75) is 0 Å². The lowest BCUT2D eigenvalue weighted by Crippen LogP contribution is -1.83. The Hall–Kier alpha value is -2.16. The molecule has 0 unspecified atom stereocenters. The normalized spacial score (nSPS) is 10.7. The SMILES string of the molecule is c1ccc(-c2ccc3c[nH]nc3n2)cc1. The Kier molecular flexibility index (Phi) is 1.75. The van der Waals surface area contributed by atoms with Crippen LogP contribution in [0.4, 0.5) is 0 Å². The van der Waals surface area contributed by atoms with Gasteiger partial charge in [-0.2, -0.15) is 5.10 Å². The van der Waals surface area contributed by atoms with Gasteiger partial charge in [0.2, 0.25) is 0 Å². The molecule has 15 heavy (non-hydrogen) atoms. The fourth-order valence-electron chi connectivity index (χ4n) is 1.59. The summed E-state index contributed by atoms with van der Waals surface area (Å²) in [4.78, 5) is 4.46. The van der Waals surface area contributed by atoms with Crippen LogP contribution in [0, 0.1) is 0 Å². The zero-order valence-electron chi connectivity index (χ0n) is 8.01. The van der Waals surface area contributed by atoms with Gasteiger partial charge in [-0.1, -0.05) is 30.3 Å². The molecule has 0 aliphatic carbocycles. The molecule has 0 saturated heterocycles. The van der Waals surface area contributed by atoms with Crippen molar-refractivity contribution in [2.24, 2.45) is 0 Å². The van der Waals surface area contributed by atoms with Gasteiger partial charge in [0.05, 0.1) is 5.69 Å². The van der Waals surface area contributed by atoms with Crippen LogP contribution in [0.15, 0.2) is 48.7 Å². The zero-order valence-corrected chi connectivity index (χ0v) is 8.01.